The third kappa shape index (κ3) is 3.77. The Kier molecular flexibility index (Phi) is 4.88. The summed E-state index contributed by atoms with van der Waals surface area (Å²) in [6, 6.07) is 17.5. The summed E-state index contributed by atoms with van der Waals surface area (Å²) in [6.07, 6.45) is 0.954. The van der Waals surface area contributed by atoms with E-state index in [1.807, 2.05) is 30.3 Å². The largest absolute Gasteiger partial charge is 0.486 e. The smallest absolute Gasteiger partial charge is 0.228 e. The molecule has 3 atom stereocenters. The van der Waals surface area contributed by atoms with Crippen molar-refractivity contribution in [3.63, 3.8) is 0 Å². The number of aromatic nitrogens is 1. The first-order valence-electron chi connectivity index (χ1n) is 11.4. The number of rotatable bonds is 5. The number of fused-ring (bicyclic) bond motifs is 3. The molecular formula is C26H24N4O3. The first-order chi connectivity index (χ1) is 16.2. The number of para-hydroxylation sites is 1. The van der Waals surface area contributed by atoms with Gasteiger partial charge in [0.15, 0.2) is 11.5 Å². The summed E-state index contributed by atoms with van der Waals surface area (Å²) in [6.45, 7) is 4.10. The van der Waals surface area contributed by atoms with Crippen LogP contribution in [-0.4, -0.2) is 48.6 Å². The third-order valence-electron chi connectivity index (χ3n) is 6.99. The number of nitrogens with zero attached hydrogens (tertiary/aromatic N) is 3. The first-order valence-corrected chi connectivity index (χ1v) is 11.4. The molecule has 1 saturated heterocycles. The van der Waals surface area contributed by atoms with Crippen molar-refractivity contribution in [2.24, 2.45) is 17.8 Å². The maximum Gasteiger partial charge on any atom is 0.228 e. The second-order valence-electron chi connectivity index (χ2n) is 9.02. The van der Waals surface area contributed by atoms with Crippen molar-refractivity contribution in [2.45, 2.75) is 6.42 Å². The SMILES string of the molecule is N#Cc1ccc2cccc(NC(=O)C3[C@H]4CN(CCc5ccc6c(c5)OCCO6)C[C@@H]34)c2n1. The Bertz CT molecular complexity index is 1270. The highest BCUT2D eigenvalue weighted by molar-refractivity contribution is 6.02. The molecule has 1 aromatic heterocycles. The van der Waals surface area contributed by atoms with Gasteiger partial charge in [-0.25, -0.2) is 4.98 Å². The second kappa shape index (κ2) is 8.05. The summed E-state index contributed by atoms with van der Waals surface area (Å²) in [5.41, 5.74) is 2.93. The number of ether oxygens (including phenoxy) is 2. The monoisotopic (exact) mass is 440 g/mol. The van der Waals surface area contributed by atoms with Gasteiger partial charge in [-0.3, -0.25) is 4.79 Å². The zero-order valence-corrected chi connectivity index (χ0v) is 18.2. The number of carbonyl (C=O) groups is 1. The van der Waals surface area contributed by atoms with Crippen molar-refractivity contribution >= 4 is 22.5 Å². The van der Waals surface area contributed by atoms with Gasteiger partial charge in [0.25, 0.3) is 0 Å². The summed E-state index contributed by atoms with van der Waals surface area (Å²) < 4.78 is 11.3. The quantitative estimate of drug-likeness (QED) is 0.655. The van der Waals surface area contributed by atoms with Gasteiger partial charge in [0, 0.05) is 30.9 Å². The first kappa shape index (κ1) is 20.0. The van der Waals surface area contributed by atoms with Crippen LogP contribution in [0.3, 0.4) is 0 Å². The van der Waals surface area contributed by atoms with Gasteiger partial charge in [-0.05, 0) is 54.2 Å². The van der Waals surface area contributed by atoms with Crippen LogP contribution in [0.5, 0.6) is 11.5 Å². The lowest BCUT2D eigenvalue weighted by molar-refractivity contribution is -0.118. The number of carbonyl (C=O) groups excluding carboxylic acids is 1. The fraction of sp³-hybridized carbons (Fsp3) is 0.346. The molecule has 1 unspecified atom stereocenters. The van der Waals surface area contributed by atoms with E-state index in [1.165, 1.54) is 5.56 Å². The zero-order valence-electron chi connectivity index (χ0n) is 18.2. The lowest BCUT2D eigenvalue weighted by Crippen LogP contribution is -2.30. The number of hydrogen-bond acceptors (Lipinski definition) is 6. The summed E-state index contributed by atoms with van der Waals surface area (Å²) in [5, 5.41) is 13.1. The predicted octanol–water partition coefficient (Wildman–Crippen LogP) is 3.24. The van der Waals surface area contributed by atoms with Crippen molar-refractivity contribution in [1.29, 1.82) is 5.26 Å². The average molecular weight is 441 g/mol. The van der Waals surface area contributed by atoms with Crippen LogP contribution in [0.15, 0.2) is 48.5 Å². The molecule has 0 bridgehead atoms. The molecule has 1 aliphatic carbocycles. The molecule has 1 N–H and O–H groups in total. The lowest BCUT2D eigenvalue weighted by atomic mass is 10.1. The van der Waals surface area contributed by atoms with E-state index in [9.17, 15) is 4.79 Å². The number of nitriles is 1. The standard InChI is InChI=1S/C26H24N4O3/c27-13-18-6-5-17-2-1-3-21(25(17)28-18)29-26(31)24-19-14-30(15-20(19)24)9-8-16-4-7-22-23(12-16)33-11-10-32-22/h1-7,12,19-20,24H,8-11,14-15H2,(H,29,31)/t19-,20+,24?. The Balaban J connectivity index is 1.05. The number of likely N-dealkylation sites (tertiary alicyclic amines) is 1. The summed E-state index contributed by atoms with van der Waals surface area (Å²) in [4.78, 5) is 19.8. The highest BCUT2D eigenvalue weighted by Crippen LogP contribution is 2.52. The number of hydrogen-bond donors (Lipinski definition) is 1. The topological polar surface area (TPSA) is 87.5 Å². The van der Waals surface area contributed by atoms with E-state index in [4.69, 9.17) is 14.7 Å². The third-order valence-corrected chi connectivity index (χ3v) is 6.99. The molecule has 3 heterocycles. The Morgan fingerprint density at radius 1 is 1.09 bits per heavy atom. The van der Waals surface area contributed by atoms with Crippen molar-refractivity contribution in [3.8, 4) is 17.6 Å². The zero-order chi connectivity index (χ0) is 22.4. The predicted molar refractivity (Wildman–Crippen MR) is 123 cm³/mol. The Hall–Kier alpha value is -3.63. The van der Waals surface area contributed by atoms with Crippen LogP contribution in [0.4, 0.5) is 5.69 Å². The van der Waals surface area contributed by atoms with Gasteiger partial charge >= 0.3 is 0 Å². The number of amides is 1. The minimum absolute atomic E-state index is 0.0601. The van der Waals surface area contributed by atoms with Crippen LogP contribution in [0, 0.1) is 29.1 Å². The minimum atomic E-state index is 0.0601. The maximum absolute atomic E-state index is 13.0. The van der Waals surface area contributed by atoms with Gasteiger partial charge in [-0.1, -0.05) is 18.2 Å². The van der Waals surface area contributed by atoms with Crippen LogP contribution in [0.2, 0.25) is 0 Å². The molecule has 2 aromatic carbocycles. The van der Waals surface area contributed by atoms with Crippen molar-refractivity contribution in [3.05, 3.63) is 59.8 Å². The van der Waals surface area contributed by atoms with E-state index in [1.54, 1.807) is 6.07 Å². The summed E-state index contributed by atoms with van der Waals surface area (Å²) in [5.74, 6) is 2.62. The second-order valence-corrected chi connectivity index (χ2v) is 9.02. The Morgan fingerprint density at radius 3 is 2.73 bits per heavy atom. The molecular weight excluding hydrogens is 416 g/mol. The Morgan fingerprint density at radius 2 is 1.91 bits per heavy atom. The normalized spacial score (nSPS) is 23.1. The van der Waals surface area contributed by atoms with E-state index in [0.717, 1.165) is 42.9 Å². The van der Waals surface area contributed by atoms with Gasteiger partial charge in [0.05, 0.1) is 11.2 Å². The molecule has 3 aliphatic rings. The number of pyridine rings is 1. The number of piperidine rings is 1. The molecule has 2 fully saturated rings. The molecule has 7 heteroatoms. The minimum Gasteiger partial charge on any atom is -0.486 e. The van der Waals surface area contributed by atoms with Crippen LogP contribution < -0.4 is 14.8 Å². The molecule has 6 rings (SSSR count). The van der Waals surface area contributed by atoms with E-state index in [-0.39, 0.29) is 11.8 Å². The molecule has 0 radical (unpaired) electrons. The molecule has 166 valence electrons. The van der Waals surface area contributed by atoms with Crippen molar-refractivity contribution < 1.29 is 14.3 Å². The van der Waals surface area contributed by atoms with Gasteiger partial charge < -0.3 is 19.7 Å². The summed E-state index contributed by atoms with van der Waals surface area (Å²) in [7, 11) is 0. The highest BCUT2D eigenvalue weighted by atomic mass is 16.6. The molecule has 2 aliphatic heterocycles. The molecule has 7 nitrogen and oxygen atoms in total. The van der Waals surface area contributed by atoms with Crippen LogP contribution in [0.25, 0.3) is 10.9 Å². The van der Waals surface area contributed by atoms with E-state index >= 15 is 0 Å². The number of nitrogens with one attached hydrogen (secondary N) is 1. The fourth-order valence-electron chi connectivity index (χ4n) is 5.24. The highest BCUT2D eigenvalue weighted by Gasteiger charge is 2.59. The molecule has 33 heavy (non-hydrogen) atoms. The molecule has 3 aromatic rings. The molecule has 1 saturated carbocycles. The summed E-state index contributed by atoms with van der Waals surface area (Å²) >= 11 is 0. The van der Waals surface area contributed by atoms with Gasteiger partial charge in [0.2, 0.25) is 5.91 Å². The van der Waals surface area contributed by atoms with Crippen LogP contribution in [-0.2, 0) is 11.2 Å². The van der Waals surface area contributed by atoms with Gasteiger partial charge in [-0.15, -0.1) is 0 Å². The van der Waals surface area contributed by atoms with Crippen LogP contribution in [0.1, 0.15) is 11.3 Å². The number of benzene rings is 2. The lowest BCUT2D eigenvalue weighted by Gasteiger charge is -2.21. The molecule has 0 spiro atoms. The van der Waals surface area contributed by atoms with E-state index in [2.05, 4.69) is 33.4 Å². The van der Waals surface area contributed by atoms with Gasteiger partial charge in [0.1, 0.15) is 25.0 Å². The Labute approximate surface area is 191 Å². The molecule has 1 amide bonds. The fourth-order valence-corrected chi connectivity index (χ4v) is 5.24. The number of anilines is 1. The van der Waals surface area contributed by atoms with Crippen molar-refractivity contribution in [1.82, 2.24) is 9.88 Å². The maximum atomic E-state index is 13.0. The van der Waals surface area contributed by atoms with Crippen molar-refractivity contribution in [2.75, 3.05) is 38.2 Å². The van der Waals surface area contributed by atoms with E-state index in [0.29, 0.717) is 41.9 Å². The van der Waals surface area contributed by atoms with Gasteiger partial charge in [-0.2, -0.15) is 5.26 Å². The van der Waals surface area contributed by atoms with Crippen LogP contribution >= 0.6 is 0 Å². The van der Waals surface area contributed by atoms with E-state index < -0.39 is 0 Å². The average Bonchev–Trinajstić information content (AvgIpc) is 3.37.